The lowest BCUT2D eigenvalue weighted by Crippen LogP contribution is -2.59. The summed E-state index contributed by atoms with van der Waals surface area (Å²) in [4.78, 5) is 81.4. The Morgan fingerprint density at radius 3 is 1.08 bits per heavy atom. The van der Waals surface area contributed by atoms with Gasteiger partial charge >= 0.3 is 12.2 Å². The second-order valence-electron chi connectivity index (χ2n) is 27.3. The number of hydrogen-bond acceptors (Lipinski definition) is 12. The highest BCUT2D eigenvalue weighted by Gasteiger charge is 2.68. The highest BCUT2D eigenvalue weighted by atomic mass is 17.3. The number of nitrogens with zero attached hydrogens (tertiary/aromatic N) is 2. The van der Waals surface area contributed by atoms with Crippen LogP contribution in [-0.2, 0) is 48.1 Å². The molecule has 10 saturated carbocycles. The molecule has 10 aliphatic carbocycles. The fraction of sp³-hybridized carbons (Fsp3) is 0.931. The van der Waals surface area contributed by atoms with Gasteiger partial charge in [-0.2, -0.15) is 19.6 Å². The average Bonchev–Trinajstić information content (AvgIpc) is 3.90. The average molecular weight is 1040 g/mol. The second kappa shape index (κ2) is 22.2. The lowest BCUT2D eigenvalue weighted by molar-refractivity contribution is -0.390. The molecule has 0 unspecified atom stereocenters. The molecule has 16 nitrogen and oxygen atoms in total. The summed E-state index contributed by atoms with van der Waals surface area (Å²) in [6.07, 6.45) is 23.9. The molecule has 74 heavy (non-hydrogen) atoms. The van der Waals surface area contributed by atoms with Crippen molar-refractivity contribution in [2.45, 2.75) is 243 Å². The van der Waals surface area contributed by atoms with E-state index in [1.165, 1.54) is 64.2 Å². The van der Waals surface area contributed by atoms with Gasteiger partial charge in [0.05, 0.1) is 0 Å². The van der Waals surface area contributed by atoms with E-state index in [1.54, 1.807) is 9.80 Å². The zero-order valence-corrected chi connectivity index (χ0v) is 46.2. The third-order valence-electron chi connectivity index (χ3n) is 19.3. The molecule has 2 aliphatic heterocycles. The molecule has 2 heterocycles. The van der Waals surface area contributed by atoms with Gasteiger partial charge in [-0.1, -0.05) is 25.7 Å². The number of hydrogen-bond donors (Lipinski definition) is 2. The molecular weight excluding hydrogens is 945 g/mol. The molecule has 0 aromatic carbocycles. The summed E-state index contributed by atoms with van der Waals surface area (Å²) < 4.78 is 25.3. The van der Waals surface area contributed by atoms with Crippen molar-refractivity contribution in [1.29, 1.82) is 0 Å². The number of unbranched alkanes of at least 4 members (excludes halogenated alkanes) is 5. The third kappa shape index (κ3) is 12.2. The van der Waals surface area contributed by atoms with Crippen molar-refractivity contribution in [3.05, 3.63) is 0 Å². The molecule has 4 amide bonds. The van der Waals surface area contributed by atoms with E-state index in [1.807, 2.05) is 41.5 Å². The molecule has 0 aromatic rings. The topological polar surface area (TPSA) is 173 Å². The standard InChI is InChI=1S/C58H94N4O12/c1-53(2,3)67-51(65)61(27-13-23-59-49(63)43-15-19-55(20-16-43)69-57(73-71-55)45-31-39-29-40(33-45)34-46(57)32-39)25-11-9-7-8-10-12-26-62(52(66)68-54(4,5)6)28-14-24-60-50(64)44-17-21-56(22-18-44)70-58(74-72-56)47-35-41-30-42(37-47)38-48(58)36-41/h39-48H,7-38H2,1-6H3,(H,59,63)(H,60,64). The summed E-state index contributed by atoms with van der Waals surface area (Å²) in [6.45, 7) is 14.5. The summed E-state index contributed by atoms with van der Waals surface area (Å²) in [5, 5.41) is 6.31. The van der Waals surface area contributed by atoms with Gasteiger partial charge in [-0.25, -0.2) is 9.59 Å². The molecule has 0 aromatic heterocycles. The van der Waals surface area contributed by atoms with Gasteiger partial charge in [0, 0.05) is 100 Å². The SMILES string of the molecule is CC(C)(C)OC(=O)N(CCCCCCCCN(CCCNC(=O)C1CCC2(CC1)OOC1(O2)C2CC3CC(C2)CC1C3)C(=O)OC(C)(C)C)CCCNC(=O)C1CCC2(CC1)OOC1(O2)C2CC3CC(C2)CC1C3. The van der Waals surface area contributed by atoms with Crippen LogP contribution in [-0.4, -0.2) is 107 Å². The predicted octanol–water partition coefficient (Wildman–Crippen LogP) is 10.8. The Morgan fingerprint density at radius 2 is 0.757 bits per heavy atom. The predicted molar refractivity (Wildman–Crippen MR) is 274 cm³/mol. The number of ether oxygens (including phenoxy) is 4. The minimum absolute atomic E-state index is 0.0596. The van der Waals surface area contributed by atoms with Gasteiger partial charge in [0.25, 0.3) is 0 Å². The first-order chi connectivity index (χ1) is 35.3. The molecule has 12 fully saturated rings. The highest BCUT2D eigenvalue weighted by molar-refractivity contribution is 5.79. The third-order valence-corrected chi connectivity index (χ3v) is 19.3. The van der Waals surface area contributed by atoms with E-state index >= 15 is 0 Å². The smallest absolute Gasteiger partial charge is 0.410 e. The number of amides is 4. The van der Waals surface area contributed by atoms with Gasteiger partial charge < -0.3 is 39.4 Å². The number of carbonyl (C=O) groups excluding carboxylic acids is 4. The van der Waals surface area contributed by atoms with Gasteiger partial charge in [-0.15, -0.1) is 0 Å². The van der Waals surface area contributed by atoms with Crippen molar-refractivity contribution in [3.8, 4) is 0 Å². The zero-order chi connectivity index (χ0) is 51.9. The first kappa shape index (κ1) is 54.6. The maximum absolute atomic E-state index is 13.4. The van der Waals surface area contributed by atoms with Gasteiger partial charge in [-0.3, -0.25) is 9.59 Å². The van der Waals surface area contributed by atoms with E-state index in [4.69, 9.17) is 38.5 Å². The molecule has 12 aliphatic rings. The van der Waals surface area contributed by atoms with Crippen LogP contribution in [0.5, 0.6) is 0 Å². The van der Waals surface area contributed by atoms with Gasteiger partial charge in [0.15, 0.2) is 0 Å². The maximum atomic E-state index is 13.4. The lowest BCUT2D eigenvalue weighted by atomic mass is 9.53. The van der Waals surface area contributed by atoms with E-state index in [2.05, 4.69) is 10.6 Å². The summed E-state index contributed by atoms with van der Waals surface area (Å²) in [6, 6.07) is 0. The number of carbonyl (C=O) groups is 4. The van der Waals surface area contributed by atoms with E-state index in [-0.39, 0.29) is 35.8 Å². The van der Waals surface area contributed by atoms with Crippen molar-refractivity contribution in [1.82, 2.24) is 20.4 Å². The normalized spacial score (nSPS) is 38.6. The minimum atomic E-state index is -0.733. The van der Waals surface area contributed by atoms with E-state index in [0.717, 1.165) is 62.2 Å². The minimum Gasteiger partial charge on any atom is -0.444 e. The zero-order valence-electron chi connectivity index (χ0n) is 46.2. The first-order valence-corrected chi connectivity index (χ1v) is 30.0. The van der Waals surface area contributed by atoms with Crippen LogP contribution in [0.2, 0.25) is 0 Å². The van der Waals surface area contributed by atoms with Crippen molar-refractivity contribution < 1.29 is 57.7 Å². The van der Waals surface area contributed by atoms with Crippen LogP contribution in [0.15, 0.2) is 0 Å². The molecule has 0 radical (unpaired) electrons. The van der Waals surface area contributed by atoms with Crippen molar-refractivity contribution >= 4 is 24.0 Å². The van der Waals surface area contributed by atoms with Crippen LogP contribution >= 0.6 is 0 Å². The lowest BCUT2D eigenvalue weighted by Gasteiger charge is -2.57. The number of rotatable bonds is 19. The Bertz CT molecular complexity index is 1770. The Hall–Kier alpha value is -2.76. The summed E-state index contributed by atoms with van der Waals surface area (Å²) in [5.74, 6) is 2.25. The molecule has 0 atom stereocenters. The van der Waals surface area contributed by atoms with Crippen LogP contribution < -0.4 is 10.6 Å². The molecule has 8 bridgehead atoms. The van der Waals surface area contributed by atoms with Gasteiger partial charge in [0.2, 0.25) is 35.0 Å². The Labute approximate surface area is 442 Å². The monoisotopic (exact) mass is 1040 g/mol. The van der Waals surface area contributed by atoms with E-state index < -0.39 is 34.4 Å². The summed E-state index contributed by atoms with van der Waals surface area (Å²) >= 11 is 0. The van der Waals surface area contributed by atoms with Crippen LogP contribution in [0.1, 0.15) is 208 Å². The fourth-order valence-corrected chi connectivity index (χ4v) is 16.0. The molecule has 16 heteroatoms. The first-order valence-electron chi connectivity index (χ1n) is 30.0. The van der Waals surface area contributed by atoms with Gasteiger partial charge in [0.1, 0.15) is 11.2 Å². The van der Waals surface area contributed by atoms with Crippen LogP contribution in [0.4, 0.5) is 9.59 Å². The van der Waals surface area contributed by atoms with Crippen molar-refractivity contribution in [3.63, 3.8) is 0 Å². The highest BCUT2D eigenvalue weighted by Crippen LogP contribution is 2.65. The molecular formula is C58H94N4O12. The molecule has 12 rings (SSSR count). The van der Waals surface area contributed by atoms with Crippen LogP contribution in [0, 0.1) is 59.2 Å². The van der Waals surface area contributed by atoms with Crippen molar-refractivity contribution in [2.24, 2.45) is 59.2 Å². The maximum Gasteiger partial charge on any atom is 0.410 e. The van der Waals surface area contributed by atoms with Crippen LogP contribution in [0.3, 0.4) is 0 Å². The Kier molecular flexibility index (Phi) is 16.4. The number of nitrogens with one attached hydrogen (secondary N) is 2. The largest absolute Gasteiger partial charge is 0.444 e. The quantitative estimate of drug-likeness (QED) is 0.0928. The van der Waals surface area contributed by atoms with E-state index in [9.17, 15) is 19.2 Å². The molecule has 2 saturated heterocycles. The molecule has 2 N–H and O–H groups in total. The fourth-order valence-electron chi connectivity index (χ4n) is 16.0. The molecule has 4 spiro atoms. The Morgan fingerprint density at radius 1 is 0.446 bits per heavy atom. The Balaban J connectivity index is 0.591. The second-order valence-corrected chi connectivity index (χ2v) is 27.3. The van der Waals surface area contributed by atoms with Gasteiger partial charge in [-0.05, 0) is 181 Å². The van der Waals surface area contributed by atoms with Crippen molar-refractivity contribution in [2.75, 3.05) is 39.3 Å². The summed E-state index contributed by atoms with van der Waals surface area (Å²) in [5.41, 5.74) is -1.21. The van der Waals surface area contributed by atoms with Crippen LogP contribution in [0.25, 0.3) is 0 Å². The molecule has 418 valence electrons. The van der Waals surface area contributed by atoms with E-state index in [0.29, 0.717) is 127 Å². The summed E-state index contributed by atoms with van der Waals surface area (Å²) in [7, 11) is 0.